The van der Waals surface area contributed by atoms with Crippen LogP contribution in [0.1, 0.15) is 67.4 Å². The van der Waals surface area contributed by atoms with Crippen molar-refractivity contribution in [1.29, 1.82) is 0 Å². The second-order valence-corrected chi connectivity index (χ2v) is 11.7. The van der Waals surface area contributed by atoms with Crippen molar-refractivity contribution in [2.45, 2.75) is 64.7 Å². The van der Waals surface area contributed by atoms with Crippen molar-refractivity contribution in [3.05, 3.63) is 39.4 Å². The second-order valence-electron chi connectivity index (χ2n) is 10.0. The molecular weight excluding hydrogens is 444 g/mol. The second kappa shape index (κ2) is 8.14. The molecule has 0 saturated heterocycles. The third kappa shape index (κ3) is 3.65. The molecule has 1 aromatic carbocycles. The monoisotopic (exact) mass is 472 g/mol. The minimum absolute atomic E-state index is 0.0241. The van der Waals surface area contributed by atoms with Gasteiger partial charge in [0.2, 0.25) is 5.91 Å². The molecule has 3 aliphatic carbocycles. The Morgan fingerprint density at radius 1 is 1.38 bits per heavy atom. The number of hydrogen-bond donors (Lipinski definition) is 2. The van der Waals surface area contributed by atoms with Gasteiger partial charge in [-0.2, -0.15) is 0 Å². The largest absolute Gasteiger partial charge is 0.506 e. The van der Waals surface area contributed by atoms with Gasteiger partial charge >= 0.3 is 0 Å². The maximum absolute atomic E-state index is 13.1. The first-order chi connectivity index (χ1) is 15.3. The third-order valence-corrected chi connectivity index (χ3v) is 9.38. The molecule has 170 valence electrons. The number of nitrogens with one attached hydrogen (secondary N) is 1. The number of carbonyl (C=O) groups excluding carboxylic acids is 2. The number of rotatable bonds is 4. The molecule has 32 heavy (non-hydrogen) atoms. The van der Waals surface area contributed by atoms with Crippen LogP contribution >= 0.6 is 22.9 Å². The molecule has 2 fully saturated rings. The van der Waals surface area contributed by atoms with Gasteiger partial charge in [0, 0.05) is 29.3 Å². The van der Waals surface area contributed by atoms with E-state index in [9.17, 15) is 14.7 Å². The molecule has 5 unspecified atom stereocenters. The summed E-state index contributed by atoms with van der Waals surface area (Å²) in [6, 6.07) is 3.77. The number of fused-ring (bicyclic) bond motifs is 5. The van der Waals surface area contributed by atoms with Crippen LogP contribution in [0.5, 0.6) is 5.75 Å². The Balaban J connectivity index is 1.35. The van der Waals surface area contributed by atoms with Crippen molar-refractivity contribution in [2.75, 3.05) is 5.32 Å². The highest BCUT2D eigenvalue weighted by molar-refractivity contribution is 7.15. The molecule has 5 atom stereocenters. The molecule has 1 amide bonds. The third-order valence-electron chi connectivity index (χ3n) is 8.25. The maximum Gasteiger partial charge on any atom is 0.226 e. The number of aromatic hydroxyl groups is 1. The lowest BCUT2D eigenvalue weighted by atomic mass is 9.54. The van der Waals surface area contributed by atoms with E-state index in [0.29, 0.717) is 46.5 Å². The van der Waals surface area contributed by atoms with Gasteiger partial charge in [0.1, 0.15) is 11.5 Å². The lowest BCUT2D eigenvalue weighted by Gasteiger charge is -2.50. The number of phenolic OH excluding ortho intramolecular Hbond substituents is 1. The fraction of sp³-hybridized carbons (Fsp3) is 0.560. The van der Waals surface area contributed by atoms with Crippen molar-refractivity contribution in [1.82, 2.24) is 4.98 Å². The molecule has 3 aliphatic rings. The van der Waals surface area contributed by atoms with Crippen LogP contribution in [0.4, 0.5) is 5.13 Å². The summed E-state index contributed by atoms with van der Waals surface area (Å²) in [4.78, 5) is 31.0. The molecule has 1 aromatic heterocycles. The SMILES string of the molecule is Cc1cnc(NC(=O)CCC2CC(=O)C3(C)CCC4c5cc(Cl)c(O)cc5CCC4C23)s1. The van der Waals surface area contributed by atoms with E-state index in [1.807, 2.05) is 19.1 Å². The van der Waals surface area contributed by atoms with E-state index in [4.69, 9.17) is 11.6 Å². The number of aryl methyl sites for hydroxylation is 2. The number of nitrogens with zero attached hydrogens (tertiary/aromatic N) is 1. The Hall–Kier alpha value is -1.92. The fourth-order valence-corrected chi connectivity index (χ4v) is 7.67. The van der Waals surface area contributed by atoms with E-state index < -0.39 is 0 Å². The molecule has 0 radical (unpaired) electrons. The van der Waals surface area contributed by atoms with Crippen molar-refractivity contribution in [3.63, 3.8) is 0 Å². The van der Waals surface area contributed by atoms with Gasteiger partial charge in [0.15, 0.2) is 5.13 Å². The summed E-state index contributed by atoms with van der Waals surface area (Å²) in [7, 11) is 0. The first-order valence-electron chi connectivity index (χ1n) is 11.5. The molecule has 0 bridgehead atoms. The van der Waals surface area contributed by atoms with Crippen LogP contribution in [0.25, 0.3) is 0 Å². The van der Waals surface area contributed by atoms with E-state index in [0.717, 1.165) is 37.0 Å². The average molecular weight is 473 g/mol. The van der Waals surface area contributed by atoms with Crippen molar-refractivity contribution >= 4 is 39.8 Å². The highest BCUT2D eigenvalue weighted by atomic mass is 35.5. The molecule has 7 heteroatoms. The lowest BCUT2D eigenvalue weighted by molar-refractivity contribution is -0.129. The van der Waals surface area contributed by atoms with E-state index in [-0.39, 0.29) is 23.0 Å². The Labute approximate surface area is 197 Å². The number of phenols is 1. The predicted octanol–water partition coefficient (Wildman–Crippen LogP) is 5.88. The number of anilines is 1. The lowest BCUT2D eigenvalue weighted by Crippen LogP contribution is -2.44. The number of aromatic nitrogens is 1. The number of hydrogen-bond acceptors (Lipinski definition) is 5. The number of thiazole rings is 1. The summed E-state index contributed by atoms with van der Waals surface area (Å²) in [6.45, 7) is 4.13. The topological polar surface area (TPSA) is 79.3 Å². The van der Waals surface area contributed by atoms with Gasteiger partial charge in [0.05, 0.1) is 5.02 Å². The number of amides is 1. The summed E-state index contributed by atoms with van der Waals surface area (Å²) >= 11 is 7.74. The molecule has 0 spiro atoms. The number of carbonyl (C=O) groups is 2. The minimum atomic E-state index is -0.285. The van der Waals surface area contributed by atoms with E-state index in [1.54, 1.807) is 6.20 Å². The Bertz CT molecular complexity index is 1080. The molecule has 5 nitrogen and oxygen atoms in total. The molecule has 0 aliphatic heterocycles. The number of halogens is 1. The van der Waals surface area contributed by atoms with Crippen molar-refractivity contribution in [3.8, 4) is 5.75 Å². The van der Waals surface area contributed by atoms with Crippen LogP contribution in [-0.2, 0) is 16.0 Å². The Kier molecular flexibility index (Phi) is 5.57. The van der Waals surface area contributed by atoms with Crippen molar-refractivity contribution in [2.24, 2.45) is 23.2 Å². The van der Waals surface area contributed by atoms with E-state index in [1.165, 1.54) is 22.5 Å². The average Bonchev–Trinajstić information content (AvgIpc) is 3.27. The van der Waals surface area contributed by atoms with Crippen LogP contribution in [0.15, 0.2) is 18.3 Å². The maximum atomic E-state index is 13.1. The molecule has 2 N–H and O–H groups in total. The zero-order chi connectivity index (χ0) is 22.6. The Morgan fingerprint density at radius 3 is 2.94 bits per heavy atom. The highest BCUT2D eigenvalue weighted by Gasteiger charge is 2.58. The summed E-state index contributed by atoms with van der Waals surface area (Å²) in [5, 5.41) is 14.0. The molecule has 5 rings (SSSR count). The van der Waals surface area contributed by atoms with Gasteiger partial charge in [-0.1, -0.05) is 18.5 Å². The number of Topliss-reactive ketones (excluding diaryl/α,β-unsaturated/α-hetero) is 1. The van der Waals surface area contributed by atoms with Gasteiger partial charge in [-0.3, -0.25) is 9.59 Å². The minimum Gasteiger partial charge on any atom is -0.506 e. The van der Waals surface area contributed by atoms with Crippen LogP contribution < -0.4 is 5.32 Å². The molecule has 1 heterocycles. The van der Waals surface area contributed by atoms with Gasteiger partial charge in [-0.15, -0.1) is 11.3 Å². The van der Waals surface area contributed by atoms with Crippen LogP contribution in [-0.4, -0.2) is 21.8 Å². The van der Waals surface area contributed by atoms with Gasteiger partial charge in [0.25, 0.3) is 0 Å². The summed E-state index contributed by atoms with van der Waals surface area (Å²) in [6.07, 6.45) is 7.27. The summed E-state index contributed by atoms with van der Waals surface area (Å²) in [5.41, 5.74) is 2.16. The Morgan fingerprint density at radius 2 is 2.19 bits per heavy atom. The first kappa shape index (κ1) is 21.9. The van der Waals surface area contributed by atoms with Crippen molar-refractivity contribution < 1.29 is 14.7 Å². The summed E-state index contributed by atoms with van der Waals surface area (Å²) in [5.74, 6) is 1.82. The van der Waals surface area contributed by atoms with Gasteiger partial charge in [-0.05, 0) is 86.0 Å². The normalized spacial score (nSPS) is 31.0. The quantitative estimate of drug-likeness (QED) is 0.582. The van der Waals surface area contributed by atoms with Crippen LogP contribution in [0.2, 0.25) is 5.02 Å². The summed E-state index contributed by atoms with van der Waals surface area (Å²) < 4.78 is 0. The van der Waals surface area contributed by atoms with Gasteiger partial charge < -0.3 is 10.4 Å². The standard InChI is InChI=1S/C25H29ClN2O3S/c1-13-12-27-24(32-13)28-22(31)6-4-15-10-21(30)25(2)8-7-16-17(23(15)25)5-3-14-9-20(29)19(26)11-18(14)16/h9,11-12,15-17,23,29H,3-8,10H2,1-2H3,(H,27,28,31). The molecule has 2 saturated carbocycles. The predicted molar refractivity (Wildman–Crippen MR) is 126 cm³/mol. The zero-order valence-electron chi connectivity index (χ0n) is 18.5. The first-order valence-corrected chi connectivity index (χ1v) is 12.7. The number of benzene rings is 1. The molecule has 2 aromatic rings. The molecular formula is C25H29ClN2O3S. The van der Waals surface area contributed by atoms with Crippen LogP contribution in [0, 0.1) is 30.1 Å². The smallest absolute Gasteiger partial charge is 0.226 e. The van der Waals surface area contributed by atoms with E-state index >= 15 is 0 Å². The number of ketones is 1. The van der Waals surface area contributed by atoms with Crippen LogP contribution in [0.3, 0.4) is 0 Å². The fourth-order valence-electron chi connectivity index (χ4n) is 6.82. The highest BCUT2D eigenvalue weighted by Crippen LogP contribution is 2.62. The zero-order valence-corrected chi connectivity index (χ0v) is 20.1. The van der Waals surface area contributed by atoms with Gasteiger partial charge in [-0.25, -0.2) is 4.98 Å². The van der Waals surface area contributed by atoms with E-state index in [2.05, 4.69) is 17.2 Å².